The summed E-state index contributed by atoms with van der Waals surface area (Å²) >= 11 is 6.11. The number of hydrogen-bond donors (Lipinski definition) is 1. The summed E-state index contributed by atoms with van der Waals surface area (Å²) in [5.74, 6) is 0.674. The van der Waals surface area contributed by atoms with Crippen molar-refractivity contribution in [1.82, 2.24) is 15.2 Å². The van der Waals surface area contributed by atoms with Crippen LogP contribution in [0.1, 0.15) is 18.9 Å². The number of likely N-dealkylation sites (tertiary alicyclic amines) is 1. The lowest BCUT2D eigenvalue weighted by atomic mass is 10.2. The standard InChI is InChI=1S/C13H20ClN3O/c1-3-15-7-10-6-13(16-8-12(10)14)18-11-4-5-17(2)9-11/h6,8,11,15H,3-5,7,9H2,1-2H3. The van der Waals surface area contributed by atoms with Crippen LogP contribution in [0.2, 0.25) is 5.02 Å². The van der Waals surface area contributed by atoms with E-state index in [1.165, 1.54) is 0 Å². The van der Waals surface area contributed by atoms with Gasteiger partial charge in [-0.3, -0.25) is 0 Å². The van der Waals surface area contributed by atoms with Crippen molar-refractivity contribution in [3.63, 3.8) is 0 Å². The third kappa shape index (κ3) is 3.57. The predicted molar refractivity (Wildman–Crippen MR) is 73.2 cm³/mol. The molecule has 1 saturated heterocycles. The first-order valence-electron chi connectivity index (χ1n) is 6.39. The summed E-state index contributed by atoms with van der Waals surface area (Å²) in [4.78, 5) is 6.50. The van der Waals surface area contributed by atoms with Crippen LogP contribution in [0.4, 0.5) is 0 Å². The zero-order valence-electron chi connectivity index (χ0n) is 10.9. The minimum Gasteiger partial charge on any atom is -0.473 e. The van der Waals surface area contributed by atoms with Gasteiger partial charge in [0.1, 0.15) is 6.10 Å². The second-order valence-corrected chi connectivity index (χ2v) is 5.09. The van der Waals surface area contributed by atoms with Gasteiger partial charge in [0.05, 0.1) is 5.02 Å². The van der Waals surface area contributed by atoms with E-state index < -0.39 is 0 Å². The summed E-state index contributed by atoms with van der Waals surface area (Å²) in [6.07, 6.45) is 2.97. The van der Waals surface area contributed by atoms with Crippen molar-refractivity contribution in [3.05, 3.63) is 22.8 Å². The fourth-order valence-electron chi connectivity index (χ4n) is 2.08. The van der Waals surface area contributed by atoms with Gasteiger partial charge in [0, 0.05) is 31.9 Å². The maximum Gasteiger partial charge on any atom is 0.213 e. The van der Waals surface area contributed by atoms with Gasteiger partial charge in [-0.2, -0.15) is 0 Å². The van der Waals surface area contributed by atoms with Gasteiger partial charge in [-0.15, -0.1) is 0 Å². The fraction of sp³-hybridized carbons (Fsp3) is 0.615. The smallest absolute Gasteiger partial charge is 0.213 e. The maximum atomic E-state index is 6.11. The number of nitrogens with zero attached hydrogens (tertiary/aromatic N) is 2. The first-order chi connectivity index (χ1) is 8.69. The number of aromatic nitrogens is 1. The van der Waals surface area contributed by atoms with Gasteiger partial charge in [-0.1, -0.05) is 18.5 Å². The summed E-state index contributed by atoms with van der Waals surface area (Å²) in [6.45, 7) is 5.79. The molecule has 0 aromatic carbocycles. The first-order valence-corrected chi connectivity index (χ1v) is 6.77. The third-order valence-electron chi connectivity index (χ3n) is 3.11. The molecule has 1 aliphatic heterocycles. The minimum absolute atomic E-state index is 0.246. The normalized spacial score (nSPS) is 20.3. The summed E-state index contributed by atoms with van der Waals surface area (Å²) in [7, 11) is 2.11. The summed E-state index contributed by atoms with van der Waals surface area (Å²) in [5, 5.41) is 3.94. The highest BCUT2D eigenvalue weighted by molar-refractivity contribution is 6.31. The average molecular weight is 270 g/mol. The van der Waals surface area contributed by atoms with Crippen molar-refractivity contribution in [1.29, 1.82) is 0 Å². The molecule has 0 spiro atoms. The van der Waals surface area contributed by atoms with E-state index in [1.54, 1.807) is 6.20 Å². The number of rotatable bonds is 5. The van der Waals surface area contributed by atoms with Crippen molar-refractivity contribution in [2.24, 2.45) is 0 Å². The van der Waals surface area contributed by atoms with Crippen LogP contribution < -0.4 is 10.1 Å². The van der Waals surface area contributed by atoms with Crippen molar-refractivity contribution < 1.29 is 4.74 Å². The lowest BCUT2D eigenvalue weighted by molar-refractivity contribution is 0.200. The number of halogens is 1. The number of nitrogens with one attached hydrogen (secondary N) is 1. The monoisotopic (exact) mass is 269 g/mol. The summed E-state index contributed by atoms with van der Waals surface area (Å²) in [6, 6.07) is 1.93. The highest BCUT2D eigenvalue weighted by Crippen LogP contribution is 2.21. The Labute approximate surface area is 113 Å². The van der Waals surface area contributed by atoms with E-state index in [1.807, 2.05) is 6.07 Å². The number of hydrogen-bond acceptors (Lipinski definition) is 4. The lowest BCUT2D eigenvalue weighted by Gasteiger charge is -2.14. The van der Waals surface area contributed by atoms with Crippen LogP contribution in [-0.4, -0.2) is 42.7 Å². The largest absolute Gasteiger partial charge is 0.473 e. The molecule has 1 aromatic rings. The number of ether oxygens (including phenoxy) is 1. The van der Waals surface area contributed by atoms with Gasteiger partial charge in [0.25, 0.3) is 0 Å². The molecule has 100 valence electrons. The number of likely N-dealkylation sites (N-methyl/N-ethyl adjacent to an activating group) is 1. The molecule has 4 nitrogen and oxygen atoms in total. The molecule has 1 aliphatic rings. The zero-order valence-corrected chi connectivity index (χ0v) is 11.7. The molecule has 0 amide bonds. The molecule has 1 fully saturated rings. The zero-order chi connectivity index (χ0) is 13.0. The Morgan fingerprint density at radius 1 is 1.61 bits per heavy atom. The van der Waals surface area contributed by atoms with Crippen molar-refractivity contribution in [2.45, 2.75) is 26.0 Å². The molecule has 0 saturated carbocycles. The average Bonchev–Trinajstić information content (AvgIpc) is 2.75. The van der Waals surface area contributed by atoms with E-state index in [0.29, 0.717) is 10.9 Å². The van der Waals surface area contributed by atoms with Crippen LogP contribution >= 0.6 is 11.6 Å². The quantitative estimate of drug-likeness (QED) is 0.886. The van der Waals surface area contributed by atoms with Crippen LogP contribution in [0.5, 0.6) is 5.88 Å². The van der Waals surface area contributed by atoms with Crippen molar-refractivity contribution >= 4 is 11.6 Å². The second-order valence-electron chi connectivity index (χ2n) is 4.69. The third-order valence-corrected chi connectivity index (χ3v) is 3.45. The topological polar surface area (TPSA) is 37.4 Å². The molecular weight excluding hydrogens is 250 g/mol. The second kappa shape index (κ2) is 6.36. The Morgan fingerprint density at radius 2 is 2.44 bits per heavy atom. The molecular formula is C13H20ClN3O. The van der Waals surface area contributed by atoms with Crippen LogP contribution in [-0.2, 0) is 6.54 Å². The van der Waals surface area contributed by atoms with Crippen molar-refractivity contribution in [2.75, 3.05) is 26.7 Å². The van der Waals surface area contributed by atoms with Crippen LogP contribution in [0.25, 0.3) is 0 Å². The van der Waals surface area contributed by atoms with Crippen LogP contribution in [0.3, 0.4) is 0 Å². The van der Waals surface area contributed by atoms with E-state index >= 15 is 0 Å². The highest BCUT2D eigenvalue weighted by atomic mass is 35.5. The van der Waals surface area contributed by atoms with E-state index in [4.69, 9.17) is 16.3 Å². The van der Waals surface area contributed by atoms with E-state index in [9.17, 15) is 0 Å². The molecule has 5 heteroatoms. The Bertz CT molecular complexity index is 400. The molecule has 0 radical (unpaired) electrons. The highest BCUT2D eigenvalue weighted by Gasteiger charge is 2.21. The van der Waals surface area contributed by atoms with Gasteiger partial charge in [-0.25, -0.2) is 4.98 Å². The molecule has 18 heavy (non-hydrogen) atoms. The van der Waals surface area contributed by atoms with E-state index in [-0.39, 0.29) is 6.10 Å². The molecule has 2 rings (SSSR count). The van der Waals surface area contributed by atoms with Crippen molar-refractivity contribution in [3.8, 4) is 5.88 Å². The molecule has 0 aliphatic carbocycles. The Kier molecular flexibility index (Phi) is 4.80. The molecule has 2 heterocycles. The first kappa shape index (κ1) is 13.6. The van der Waals surface area contributed by atoms with E-state index in [0.717, 1.165) is 38.2 Å². The van der Waals surface area contributed by atoms with Gasteiger partial charge >= 0.3 is 0 Å². The SMILES string of the molecule is CCNCc1cc(OC2CCN(C)C2)ncc1Cl. The molecule has 1 unspecified atom stereocenters. The minimum atomic E-state index is 0.246. The summed E-state index contributed by atoms with van der Waals surface area (Å²) < 4.78 is 5.88. The summed E-state index contributed by atoms with van der Waals surface area (Å²) in [5.41, 5.74) is 1.04. The van der Waals surface area contributed by atoms with Crippen LogP contribution in [0.15, 0.2) is 12.3 Å². The van der Waals surface area contributed by atoms with E-state index in [2.05, 4.69) is 29.2 Å². The fourth-order valence-corrected chi connectivity index (χ4v) is 2.25. The predicted octanol–water partition coefficient (Wildman–Crippen LogP) is 1.93. The van der Waals surface area contributed by atoms with Crippen LogP contribution in [0, 0.1) is 0 Å². The Morgan fingerprint density at radius 3 is 3.11 bits per heavy atom. The number of pyridine rings is 1. The molecule has 0 bridgehead atoms. The van der Waals surface area contributed by atoms with Gasteiger partial charge < -0.3 is 15.0 Å². The molecule has 1 N–H and O–H groups in total. The van der Waals surface area contributed by atoms with Gasteiger partial charge in [-0.05, 0) is 25.6 Å². The Balaban J connectivity index is 2.00. The molecule has 1 atom stereocenters. The van der Waals surface area contributed by atoms with Gasteiger partial charge in [0.2, 0.25) is 5.88 Å². The Hall–Kier alpha value is -0.840. The van der Waals surface area contributed by atoms with Gasteiger partial charge in [0.15, 0.2) is 0 Å². The molecule has 1 aromatic heterocycles. The lowest BCUT2D eigenvalue weighted by Crippen LogP contribution is -2.22. The maximum absolute atomic E-state index is 6.11.